The topological polar surface area (TPSA) is 79.7 Å². The van der Waals surface area contributed by atoms with E-state index in [1.54, 1.807) is 37.5 Å². The Labute approximate surface area is 195 Å². The molecule has 1 unspecified atom stereocenters. The fourth-order valence-electron chi connectivity index (χ4n) is 4.43. The standard InChI is InChI=1S/C25H24F2N6O/c1-32-30-23(17-7-11-19(27)12-8-17)24(31-32)25(34)33-13-3-2-4-20(33)14-22-28-15-21(29-22)16-5-9-18(26)10-6-16/h5-12,15,20H,2-4,13-14H2,1H3,(H,28,29). The van der Waals surface area contributed by atoms with Crippen LogP contribution in [0.5, 0.6) is 0 Å². The van der Waals surface area contributed by atoms with Crippen LogP contribution in [0.25, 0.3) is 22.5 Å². The number of benzene rings is 2. The maximum Gasteiger partial charge on any atom is 0.276 e. The molecule has 4 aromatic rings. The first-order chi connectivity index (χ1) is 16.5. The molecular formula is C25H24F2N6O. The summed E-state index contributed by atoms with van der Waals surface area (Å²) in [6, 6.07) is 12.0. The van der Waals surface area contributed by atoms with Crippen molar-refractivity contribution in [2.75, 3.05) is 6.54 Å². The Bertz CT molecular complexity index is 1300. The Morgan fingerprint density at radius 3 is 2.38 bits per heavy atom. The Kier molecular flexibility index (Phi) is 5.91. The number of rotatable bonds is 5. The van der Waals surface area contributed by atoms with Gasteiger partial charge in [-0.15, -0.1) is 5.10 Å². The number of likely N-dealkylation sites (tertiary alicyclic amines) is 1. The molecule has 0 radical (unpaired) electrons. The van der Waals surface area contributed by atoms with Gasteiger partial charge in [-0.05, 0) is 67.8 Å². The summed E-state index contributed by atoms with van der Waals surface area (Å²) in [5.74, 6) is -0.0701. The van der Waals surface area contributed by atoms with Crippen LogP contribution in [0, 0.1) is 11.6 Å². The maximum absolute atomic E-state index is 13.6. The van der Waals surface area contributed by atoms with Crippen LogP contribution in [0.1, 0.15) is 35.6 Å². The number of imidazole rings is 1. The second-order valence-electron chi connectivity index (χ2n) is 8.49. The third-order valence-electron chi connectivity index (χ3n) is 6.12. The minimum Gasteiger partial charge on any atom is -0.348 e. The normalized spacial score (nSPS) is 16.1. The largest absolute Gasteiger partial charge is 0.348 e. The smallest absolute Gasteiger partial charge is 0.276 e. The predicted molar refractivity (Wildman–Crippen MR) is 123 cm³/mol. The van der Waals surface area contributed by atoms with Gasteiger partial charge in [0, 0.05) is 43.4 Å². The molecule has 3 heterocycles. The molecule has 1 aliphatic heterocycles. The average Bonchev–Trinajstić information content (AvgIpc) is 3.47. The number of carbonyl (C=O) groups is 1. The number of aromatic nitrogens is 5. The van der Waals surface area contributed by atoms with Crippen molar-refractivity contribution < 1.29 is 13.6 Å². The van der Waals surface area contributed by atoms with Crippen molar-refractivity contribution in [2.24, 2.45) is 7.05 Å². The van der Waals surface area contributed by atoms with Gasteiger partial charge in [0.2, 0.25) is 0 Å². The van der Waals surface area contributed by atoms with E-state index in [1.807, 2.05) is 4.90 Å². The lowest BCUT2D eigenvalue weighted by atomic mass is 9.98. The number of aryl methyl sites for hydroxylation is 1. The summed E-state index contributed by atoms with van der Waals surface area (Å²) in [5.41, 5.74) is 2.89. The van der Waals surface area contributed by atoms with E-state index >= 15 is 0 Å². The molecule has 5 rings (SSSR count). The number of carbonyl (C=O) groups excluding carboxylic acids is 1. The molecule has 7 nitrogen and oxygen atoms in total. The van der Waals surface area contributed by atoms with E-state index in [2.05, 4.69) is 20.2 Å². The van der Waals surface area contributed by atoms with Gasteiger partial charge < -0.3 is 9.88 Å². The molecule has 9 heteroatoms. The third kappa shape index (κ3) is 4.46. The lowest BCUT2D eigenvalue weighted by Crippen LogP contribution is -2.45. The van der Waals surface area contributed by atoms with Crippen molar-refractivity contribution in [2.45, 2.75) is 31.7 Å². The molecule has 0 aliphatic carbocycles. The highest BCUT2D eigenvalue weighted by atomic mass is 19.1. The van der Waals surface area contributed by atoms with Gasteiger partial charge in [-0.1, -0.05) is 0 Å². The number of hydrogen-bond donors (Lipinski definition) is 1. The van der Waals surface area contributed by atoms with E-state index in [1.165, 1.54) is 29.1 Å². The van der Waals surface area contributed by atoms with Gasteiger partial charge in [-0.3, -0.25) is 4.79 Å². The van der Waals surface area contributed by atoms with Gasteiger partial charge >= 0.3 is 0 Å². The molecule has 0 bridgehead atoms. The van der Waals surface area contributed by atoms with E-state index < -0.39 is 0 Å². The van der Waals surface area contributed by atoms with E-state index in [4.69, 9.17) is 0 Å². The minimum atomic E-state index is -0.352. The molecule has 2 aromatic carbocycles. The highest BCUT2D eigenvalue weighted by Gasteiger charge is 2.32. The molecule has 34 heavy (non-hydrogen) atoms. The van der Waals surface area contributed by atoms with Crippen LogP contribution in [0.4, 0.5) is 8.78 Å². The molecule has 0 spiro atoms. The Balaban J connectivity index is 1.38. The quantitative estimate of drug-likeness (QED) is 0.477. The van der Waals surface area contributed by atoms with Crippen LogP contribution in [-0.4, -0.2) is 48.4 Å². The molecule has 0 saturated carbocycles. The van der Waals surface area contributed by atoms with Crippen LogP contribution in [0.3, 0.4) is 0 Å². The van der Waals surface area contributed by atoms with Gasteiger partial charge in [0.15, 0.2) is 5.69 Å². The van der Waals surface area contributed by atoms with Gasteiger partial charge in [-0.2, -0.15) is 9.90 Å². The number of halogens is 2. The van der Waals surface area contributed by atoms with Gasteiger partial charge in [0.1, 0.15) is 23.2 Å². The number of nitrogens with one attached hydrogen (secondary N) is 1. The fraction of sp³-hybridized carbons (Fsp3) is 0.280. The van der Waals surface area contributed by atoms with Crippen LogP contribution >= 0.6 is 0 Å². The molecule has 1 N–H and O–H groups in total. The number of amides is 1. The summed E-state index contributed by atoms with van der Waals surface area (Å²) in [7, 11) is 1.66. The average molecular weight is 463 g/mol. The van der Waals surface area contributed by atoms with Gasteiger partial charge in [-0.25, -0.2) is 13.8 Å². The van der Waals surface area contributed by atoms with Crippen LogP contribution in [0.15, 0.2) is 54.7 Å². The molecule has 174 valence electrons. The first-order valence-corrected chi connectivity index (χ1v) is 11.3. The van der Waals surface area contributed by atoms with Crippen molar-refractivity contribution in [3.63, 3.8) is 0 Å². The first-order valence-electron chi connectivity index (χ1n) is 11.3. The number of nitrogens with zero attached hydrogens (tertiary/aromatic N) is 5. The monoisotopic (exact) mass is 462 g/mol. The molecule has 1 amide bonds. The van der Waals surface area contributed by atoms with Gasteiger partial charge in [0.05, 0.1) is 5.69 Å². The van der Waals surface area contributed by atoms with E-state index in [0.29, 0.717) is 24.2 Å². The highest BCUT2D eigenvalue weighted by Crippen LogP contribution is 2.27. The van der Waals surface area contributed by atoms with Crippen LogP contribution < -0.4 is 0 Å². The summed E-state index contributed by atoms with van der Waals surface area (Å²) in [6.45, 7) is 0.620. The number of aromatic amines is 1. The van der Waals surface area contributed by atoms with Crippen LogP contribution in [0.2, 0.25) is 0 Å². The summed E-state index contributed by atoms with van der Waals surface area (Å²) < 4.78 is 26.6. The van der Waals surface area contributed by atoms with Crippen molar-refractivity contribution in [3.05, 3.63) is 77.9 Å². The minimum absolute atomic E-state index is 0.0449. The summed E-state index contributed by atoms with van der Waals surface area (Å²) in [6.07, 6.45) is 5.15. The van der Waals surface area contributed by atoms with E-state index in [9.17, 15) is 13.6 Å². The Morgan fingerprint density at radius 1 is 1.00 bits per heavy atom. The van der Waals surface area contributed by atoms with Crippen molar-refractivity contribution in [1.29, 1.82) is 0 Å². The third-order valence-corrected chi connectivity index (χ3v) is 6.12. The molecule has 1 aliphatic rings. The number of piperidine rings is 1. The lowest BCUT2D eigenvalue weighted by molar-refractivity contribution is 0.0605. The summed E-state index contributed by atoms with van der Waals surface area (Å²) >= 11 is 0. The molecule has 1 saturated heterocycles. The van der Waals surface area contributed by atoms with Crippen molar-refractivity contribution in [3.8, 4) is 22.5 Å². The summed E-state index contributed by atoms with van der Waals surface area (Å²) in [4.78, 5) is 24.7. The van der Waals surface area contributed by atoms with Crippen LogP contribution in [-0.2, 0) is 13.5 Å². The predicted octanol–water partition coefficient (Wildman–Crippen LogP) is 4.39. The Morgan fingerprint density at radius 2 is 1.68 bits per heavy atom. The first kappa shape index (κ1) is 21.9. The van der Waals surface area contributed by atoms with E-state index in [-0.39, 0.29) is 29.3 Å². The summed E-state index contributed by atoms with van der Waals surface area (Å²) in [5, 5.41) is 8.71. The highest BCUT2D eigenvalue weighted by molar-refractivity contribution is 5.98. The maximum atomic E-state index is 13.6. The lowest BCUT2D eigenvalue weighted by Gasteiger charge is -2.35. The van der Waals surface area contributed by atoms with E-state index in [0.717, 1.165) is 36.3 Å². The zero-order valence-corrected chi connectivity index (χ0v) is 18.7. The zero-order valence-electron chi connectivity index (χ0n) is 18.7. The number of hydrogen-bond acceptors (Lipinski definition) is 4. The Hall–Kier alpha value is -3.88. The second kappa shape index (κ2) is 9.17. The molecule has 2 aromatic heterocycles. The van der Waals surface area contributed by atoms with Gasteiger partial charge in [0.25, 0.3) is 5.91 Å². The molecule has 1 fully saturated rings. The van der Waals surface area contributed by atoms with Crippen molar-refractivity contribution in [1.82, 2.24) is 29.9 Å². The fourth-order valence-corrected chi connectivity index (χ4v) is 4.43. The zero-order chi connectivity index (χ0) is 23.7. The molecule has 1 atom stereocenters. The number of H-pyrrole nitrogens is 1. The van der Waals surface area contributed by atoms with Crippen molar-refractivity contribution >= 4 is 5.91 Å². The SMILES string of the molecule is Cn1nc(C(=O)N2CCCCC2Cc2nc(-c3ccc(F)cc3)c[nH]2)c(-c2ccc(F)cc2)n1. The second-order valence-corrected chi connectivity index (χ2v) is 8.49. The molecular weight excluding hydrogens is 438 g/mol.